The Morgan fingerprint density at radius 3 is 2.89 bits per heavy atom. The first-order chi connectivity index (χ1) is 8.69. The van der Waals surface area contributed by atoms with Gasteiger partial charge in [-0.2, -0.15) is 0 Å². The van der Waals surface area contributed by atoms with Gasteiger partial charge in [0.25, 0.3) is 0 Å². The summed E-state index contributed by atoms with van der Waals surface area (Å²) in [7, 11) is 3.23. The fraction of sp³-hybridized carbons (Fsp3) is 0.462. The molecule has 0 fully saturated rings. The number of methoxy groups -OCH3 is 1. The van der Waals surface area contributed by atoms with Crippen LogP contribution < -0.4 is 9.47 Å². The third-order valence-corrected chi connectivity index (χ3v) is 2.71. The van der Waals surface area contributed by atoms with Crippen LogP contribution in [0, 0.1) is 0 Å². The van der Waals surface area contributed by atoms with Gasteiger partial charge in [-0.1, -0.05) is 12.1 Å². The second kappa shape index (κ2) is 5.73. The molecule has 1 aliphatic heterocycles. The molecule has 0 radical (unpaired) electrons. The Hall–Kier alpha value is -1.75. The van der Waals surface area contributed by atoms with Crippen molar-refractivity contribution in [2.24, 2.45) is 0 Å². The number of ether oxygens (including phenoxy) is 3. The third kappa shape index (κ3) is 3.13. The fourth-order valence-corrected chi connectivity index (χ4v) is 1.85. The molecule has 0 aromatic heterocycles. The number of rotatable bonds is 4. The monoisotopic (exact) mass is 251 g/mol. The van der Waals surface area contributed by atoms with E-state index in [-0.39, 0.29) is 18.6 Å². The smallest absolute Gasteiger partial charge is 0.319 e. The van der Waals surface area contributed by atoms with Gasteiger partial charge in [-0.05, 0) is 19.2 Å². The summed E-state index contributed by atoms with van der Waals surface area (Å²) in [6.07, 6.45) is -0.0745. The lowest BCUT2D eigenvalue weighted by Gasteiger charge is -2.29. The number of hydrogen-bond donors (Lipinski definition) is 0. The minimum atomic E-state index is -0.255. The number of carbonyl (C=O) groups excluding carboxylic acids is 1. The van der Waals surface area contributed by atoms with Crippen LogP contribution in [-0.2, 0) is 9.53 Å². The van der Waals surface area contributed by atoms with E-state index in [4.69, 9.17) is 9.47 Å². The number of esters is 1. The van der Waals surface area contributed by atoms with Gasteiger partial charge >= 0.3 is 5.97 Å². The molecule has 0 N–H and O–H groups in total. The summed E-state index contributed by atoms with van der Waals surface area (Å²) < 4.78 is 16.0. The van der Waals surface area contributed by atoms with Gasteiger partial charge in [-0.25, -0.2) is 0 Å². The van der Waals surface area contributed by atoms with Crippen molar-refractivity contribution >= 4 is 5.97 Å². The predicted molar refractivity (Wildman–Crippen MR) is 65.9 cm³/mol. The highest BCUT2D eigenvalue weighted by atomic mass is 16.6. The van der Waals surface area contributed by atoms with Gasteiger partial charge in [0.05, 0.1) is 13.7 Å². The van der Waals surface area contributed by atoms with Gasteiger partial charge in [-0.3, -0.25) is 9.69 Å². The minimum Gasteiger partial charge on any atom is -0.486 e. The first kappa shape index (κ1) is 12.7. The summed E-state index contributed by atoms with van der Waals surface area (Å²) in [6.45, 7) is 1.35. The molecule has 1 heterocycles. The molecule has 1 aromatic rings. The summed E-state index contributed by atoms with van der Waals surface area (Å²) in [5, 5.41) is 0. The Balaban J connectivity index is 1.88. The van der Waals surface area contributed by atoms with Crippen LogP contribution in [0.25, 0.3) is 0 Å². The molecule has 18 heavy (non-hydrogen) atoms. The summed E-state index contributed by atoms with van der Waals surface area (Å²) in [5.41, 5.74) is 0. The SMILES string of the molecule is COC(=O)CN(C)CC1COc2ccccc2O1. The third-order valence-electron chi connectivity index (χ3n) is 2.71. The topological polar surface area (TPSA) is 48.0 Å². The normalized spacial score (nSPS) is 17.6. The van der Waals surface area contributed by atoms with E-state index in [1.165, 1.54) is 7.11 Å². The highest BCUT2D eigenvalue weighted by molar-refractivity contribution is 5.71. The summed E-state index contributed by atoms with van der Waals surface area (Å²) in [6, 6.07) is 7.57. The van der Waals surface area contributed by atoms with Gasteiger partial charge < -0.3 is 14.2 Å². The van der Waals surface area contributed by atoms with E-state index in [0.29, 0.717) is 13.2 Å². The minimum absolute atomic E-state index is 0.0745. The molecule has 2 rings (SSSR count). The van der Waals surface area contributed by atoms with Crippen molar-refractivity contribution in [3.8, 4) is 11.5 Å². The molecule has 5 nitrogen and oxygen atoms in total. The molecule has 0 saturated carbocycles. The fourth-order valence-electron chi connectivity index (χ4n) is 1.85. The van der Waals surface area contributed by atoms with Crippen LogP contribution >= 0.6 is 0 Å². The van der Waals surface area contributed by atoms with Crippen molar-refractivity contribution in [2.45, 2.75) is 6.10 Å². The lowest BCUT2D eigenvalue weighted by molar-refractivity contribution is -0.141. The lowest BCUT2D eigenvalue weighted by Crippen LogP contribution is -2.41. The molecule has 0 bridgehead atoms. The number of likely N-dealkylation sites (N-methyl/N-ethyl adjacent to an activating group) is 1. The molecule has 98 valence electrons. The Labute approximate surface area is 106 Å². The standard InChI is InChI=1S/C13H17NO4/c1-14(8-13(15)16-2)7-10-9-17-11-5-3-4-6-12(11)18-10/h3-6,10H,7-9H2,1-2H3. The van der Waals surface area contributed by atoms with Crippen molar-refractivity contribution in [3.63, 3.8) is 0 Å². The molecule has 1 atom stereocenters. The van der Waals surface area contributed by atoms with Crippen LogP contribution in [0.3, 0.4) is 0 Å². The Kier molecular flexibility index (Phi) is 4.04. The van der Waals surface area contributed by atoms with Crippen molar-refractivity contribution in [1.29, 1.82) is 0 Å². The van der Waals surface area contributed by atoms with E-state index in [1.807, 2.05) is 36.2 Å². The quantitative estimate of drug-likeness (QED) is 0.745. The van der Waals surface area contributed by atoms with E-state index >= 15 is 0 Å². The molecular formula is C13H17NO4. The number of benzene rings is 1. The van der Waals surface area contributed by atoms with Gasteiger partial charge in [-0.15, -0.1) is 0 Å². The van der Waals surface area contributed by atoms with Crippen LogP contribution in [0.4, 0.5) is 0 Å². The largest absolute Gasteiger partial charge is 0.486 e. The van der Waals surface area contributed by atoms with Crippen molar-refractivity contribution in [1.82, 2.24) is 4.90 Å². The van der Waals surface area contributed by atoms with E-state index in [0.717, 1.165) is 11.5 Å². The highest BCUT2D eigenvalue weighted by Crippen LogP contribution is 2.30. The molecule has 0 spiro atoms. The molecule has 0 saturated heterocycles. The van der Waals surface area contributed by atoms with Gasteiger partial charge in [0, 0.05) is 6.54 Å². The summed E-state index contributed by atoms with van der Waals surface area (Å²) in [4.78, 5) is 13.0. The molecule has 1 unspecified atom stereocenters. The number of carbonyl (C=O) groups is 1. The zero-order valence-corrected chi connectivity index (χ0v) is 10.6. The van der Waals surface area contributed by atoms with Gasteiger partial charge in [0.15, 0.2) is 11.5 Å². The summed E-state index contributed by atoms with van der Waals surface area (Å²) >= 11 is 0. The van der Waals surface area contributed by atoms with Crippen molar-refractivity contribution < 1.29 is 19.0 Å². The maximum absolute atomic E-state index is 11.1. The Bertz CT molecular complexity index is 421. The van der Waals surface area contributed by atoms with Gasteiger partial charge in [0.2, 0.25) is 0 Å². The Morgan fingerprint density at radius 1 is 1.44 bits per heavy atom. The highest BCUT2D eigenvalue weighted by Gasteiger charge is 2.22. The molecule has 1 aromatic carbocycles. The summed E-state index contributed by atoms with van der Waals surface area (Å²) in [5.74, 6) is 1.26. The van der Waals surface area contributed by atoms with Crippen LogP contribution in [-0.4, -0.2) is 50.8 Å². The van der Waals surface area contributed by atoms with Gasteiger partial charge in [0.1, 0.15) is 12.7 Å². The molecule has 1 aliphatic rings. The van der Waals surface area contributed by atoms with Crippen molar-refractivity contribution in [2.75, 3.05) is 33.9 Å². The van der Waals surface area contributed by atoms with Crippen LogP contribution in [0.2, 0.25) is 0 Å². The first-order valence-electron chi connectivity index (χ1n) is 5.83. The zero-order valence-electron chi connectivity index (χ0n) is 10.6. The molecule has 0 aliphatic carbocycles. The van der Waals surface area contributed by atoms with Crippen molar-refractivity contribution in [3.05, 3.63) is 24.3 Å². The second-order valence-corrected chi connectivity index (χ2v) is 4.27. The van der Waals surface area contributed by atoms with E-state index in [2.05, 4.69) is 4.74 Å². The number of hydrogen-bond acceptors (Lipinski definition) is 5. The van der Waals surface area contributed by atoms with Crippen LogP contribution in [0.1, 0.15) is 0 Å². The maximum atomic E-state index is 11.1. The Morgan fingerprint density at radius 2 is 2.17 bits per heavy atom. The van der Waals surface area contributed by atoms with E-state index in [9.17, 15) is 4.79 Å². The number of nitrogens with zero attached hydrogens (tertiary/aromatic N) is 1. The predicted octanol–water partition coefficient (Wildman–Crippen LogP) is 0.931. The van der Waals surface area contributed by atoms with E-state index in [1.54, 1.807) is 0 Å². The average molecular weight is 251 g/mol. The molecular weight excluding hydrogens is 234 g/mol. The first-order valence-corrected chi connectivity index (χ1v) is 5.83. The average Bonchev–Trinajstić information content (AvgIpc) is 2.38. The lowest BCUT2D eigenvalue weighted by atomic mass is 10.2. The van der Waals surface area contributed by atoms with Crippen LogP contribution in [0.5, 0.6) is 11.5 Å². The maximum Gasteiger partial charge on any atom is 0.319 e. The number of para-hydroxylation sites is 2. The second-order valence-electron chi connectivity index (χ2n) is 4.27. The molecule has 5 heteroatoms. The van der Waals surface area contributed by atoms with E-state index < -0.39 is 0 Å². The number of fused-ring (bicyclic) bond motifs is 1. The zero-order chi connectivity index (χ0) is 13.0. The molecule has 0 amide bonds. The van der Waals surface area contributed by atoms with Crippen LogP contribution in [0.15, 0.2) is 24.3 Å².